The Bertz CT molecular complexity index is 1580. The number of rotatable bonds is 13. The maximum atomic E-state index is 12.3. The molecular weight excluding hydrogens is 546 g/mol. The first kappa shape index (κ1) is 29.9. The summed E-state index contributed by atoms with van der Waals surface area (Å²) in [7, 11) is 7.62. The van der Waals surface area contributed by atoms with E-state index in [2.05, 4.69) is 32.0 Å². The number of hydrogen-bond donors (Lipinski definition) is 2. The van der Waals surface area contributed by atoms with E-state index >= 15 is 0 Å². The standard InChI is InChI=1S/C32H39N7O4/c1-6-31(40)34-24-19-25(29(41-5)20-27(24)38(4)17-16-37(2)3)35-32-33-14-12-30(36-32)39-15-13-23-26(39)10-7-11-28(23)43-21-22-9-8-18-42-22/h6-7,10-15,19-20,22H,1,8-9,16-18,21H2,2-5H3,(H,34,40)(H,33,35,36). The Labute approximate surface area is 252 Å². The number of aromatic nitrogens is 3. The molecule has 1 aliphatic heterocycles. The number of carbonyl (C=O) groups is 1. The number of anilines is 4. The summed E-state index contributed by atoms with van der Waals surface area (Å²) in [4.78, 5) is 25.7. The molecule has 2 aromatic heterocycles. The smallest absolute Gasteiger partial charge is 0.247 e. The Morgan fingerprint density at radius 2 is 2.02 bits per heavy atom. The lowest BCUT2D eigenvalue weighted by Crippen LogP contribution is -2.29. The summed E-state index contributed by atoms with van der Waals surface area (Å²) in [5.41, 5.74) is 2.99. The van der Waals surface area contributed by atoms with Crippen LogP contribution in [0.4, 0.5) is 23.0 Å². The molecule has 1 aliphatic rings. The third kappa shape index (κ3) is 7.07. The lowest BCUT2D eigenvalue weighted by Gasteiger charge is -2.26. The Balaban J connectivity index is 1.42. The fraction of sp³-hybridized carbons (Fsp3) is 0.344. The molecule has 1 unspecified atom stereocenters. The molecule has 4 aromatic rings. The van der Waals surface area contributed by atoms with E-state index in [-0.39, 0.29) is 12.0 Å². The second kappa shape index (κ2) is 13.6. The van der Waals surface area contributed by atoms with Crippen LogP contribution in [0.3, 0.4) is 0 Å². The highest BCUT2D eigenvalue weighted by Gasteiger charge is 2.19. The zero-order chi connectivity index (χ0) is 30.3. The van der Waals surface area contributed by atoms with Crippen LogP contribution in [0, 0.1) is 0 Å². The quantitative estimate of drug-likeness (QED) is 0.213. The van der Waals surface area contributed by atoms with Crippen molar-refractivity contribution in [1.82, 2.24) is 19.4 Å². The molecule has 5 rings (SSSR count). The van der Waals surface area contributed by atoms with E-state index in [4.69, 9.17) is 19.2 Å². The van der Waals surface area contributed by atoms with Gasteiger partial charge in [-0.1, -0.05) is 12.6 Å². The van der Waals surface area contributed by atoms with Crippen LogP contribution < -0.4 is 25.0 Å². The number of nitrogens with one attached hydrogen (secondary N) is 2. The second-order valence-electron chi connectivity index (χ2n) is 10.7. The highest BCUT2D eigenvalue weighted by atomic mass is 16.5. The number of likely N-dealkylation sites (N-methyl/N-ethyl adjacent to an activating group) is 2. The van der Waals surface area contributed by atoms with Crippen molar-refractivity contribution >= 4 is 39.8 Å². The first-order chi connectivity index (χ1) is 20.9. The number of fused-ring (bicyclic) bond motifs is 1. The fourth-order valence-corrected chi connectivity index (χ4v) is 4.99. The minimum absolute atomic E-state index is 0.142. The number of hydrogen-bond acceptors (Lipinski definition) is 9. The lowest BCUT2D eigenvalue weighted by atomic mass is 10.2. The average molecular weight is 586 g/mol. The van der Waals surface area contributed by atoms with Gasteiger partial charge in [-0.05, 0) is 63.3 Å². The summed E-state index contributed by atoms with van der Waals surface area (Å²) in [5.74, 6) is 2.14. The van der Waals surface area contributed by atoms with E-state index in [0.29, 0.717) is 35.5 Å². The van der Waals surface area contributed by atoms with Gasteiger partial charge in [0, 0.05) is 50.6 Å². The van der Waals surface area contributed by atoms with Crippen LogP contribution in [0.5, 0.6) is 11.5 Å². The summed E-state index contributed by atoms with van der Waals surface area (Å²) < 4.78 is 19.6. The Morgan fingerprint density at radius 1 is 1.16 bits per heavy atom. The summed E-state index contributed by atoms with van der Waals surface area (Å²) >= 11 is 0. The van der Waals surface area contributed by atoms with Crippen molar-refractivity contribution in [1.29, 1.82) is 0 Å². The summed E-state index contributed by atoms with van der Waals surface area (Å²) in [6.07, 6.45) is 7.16. The molecule has 0 spiro atoms. The van der Waals surface area contributed by atoms with E-state index in [0.717, 1.165) is 54.9 Å². The van der Waals surface area contributed by atoms with Crippen LogP contribution in [0.2, 0.25) is 0 Å². The van der Waals surface area contributed by atoms with Crippen molar-refractivity contribution < 1.29 is 19.0 Å². The van der Waals surface area contributed by atoms with E-state index < -0.39 is 0 Å². The minimum atomic E-state index is -0.310. The number of carbonyl (C=O) groups excluding carboxylic acids is 1. The number of methoxy groups -OCH3 is 1. The van der Waals surface area contributed by atoms with Gasteiger partial charge in [0.1, 0.15) is 23.9 Å². The fourth-order valence-electron chi connectivity index (χ4n) is 4.99. The van der Waals surface area contributed by atoms with E-state index in [1.54, 1.807) is 13.3 Å². The van der Waals surface area contributed by atoms with Crippen LogP contribution in [-0.2, 0) is 9.53 Å². The molecule has 226 valence electrons. The molecule has 0 saturated carbocycles. The molecule has 1 fully saturated rings. The van der Waals surface area contributed by atoms with Crippen LogP contribution in [0.1, 0.15) is 12.8 Å². The first-order valence-electron chi connectivity index (χ1n) is 14.3. The van der Waals surface area contributed by atoms with Crippen LogP contribution in [0.25, 0.3) is 16.7 Å². The van der Waals surface area contributed by atoms with Crippen LogP contribution in [-0.4, -0.2) is 86.0 Å². The highest BCUT2D eigenvalue weighted by Crippen LogP contribution is 2.38. The molecule has 1 saturated heterocycles. The van der Waals surface area contributed by atoms with Crippen LogP contribution >= 0.6 is 0 Å². The Morgan fingerprint density at radius 3 is 2.77 bits per heavy atom. The molecule has 2 N–H and O–H groups in total. The van der Waals surface area contributed by atoms with Crippen molar-refractivity contribution in [2.24, 2.45) is 0 Å². The molecule has 3 heterocycles. The topological polar surface area (TPSA) is 106 Å². The van der Waals surface area contributed by atoms with Crippen molar-refractivity contribution in [3.05, 3.63) is 67.5 Å². The molecule has 1 atom stereocenters. The zero-order valence-electron chi connectivity index (χ0n) is 25.2. The number of ether oxygens (including phenoxy) is 3. The van der Waals surface area contributed by atoms with Crippen molar-refractivity contribution in [2.45, 2.75) is 18.9 Å². The molecule has 11 heteroatoms. The van der Waals surface area contributed by atoms with Gasteiger partial charge in [0.15, 0.2) is 0 Å². The van der Waals surface area contributed by atoms with Crippen molar-refractivity contribution in [3.8, 4) is 17.3 Å². The molecule has 0 bridgehead atoms. The molecule has 43 heavy (non-hydrogen) atoms. The molecule has 0 radical (unpaired) electrons. The van der Waals surface area contributed by atoms with E-state index in [1.165, 1.54) is 6.08 Å². The maximum Gasteiger partial charge on any atom is 0.247 e. The number of amides is 1. The SMILES string of the molecule is C=CC(=O)Nc1cc(Nc2nccc(-n3ccc4c(OCC5CCCO5)cccc43)n2)c(OC)cc1N(C)CCN(C)C. The maximum absolute atomic E-state index is 12.3. The highest BCUT2D eigenvalue weighted by molar-refractivity contribution is 6.02. The third-order valence-corrected chi connectivity index (χ3v) is 7.33. The van der Waals surface area contributed by atoms with Gasteiger partial charge < -0.3 is 39.2 Å². The summed E-state index contributed by atoms with van der Waals surface area (Å²) in [6, 6.07) is 13.6. The minimum Gasteiger partial charge on any atom is -0.494 e. The van der Waals surface area contributed by atoms with Gasteiger partial charge >= 0.3 is 0 Å². The molecule has 2 aromatic carbocycles. The van der Waals surface area contributed by atoms with Gasteiger partial charge in [-0.15, -0.1) is 0 Å². The average Bonchev–Trinajstić information content (AvgIpc) is 3.69. The molecule has 1 amide bonds. The van der Waals surface area contributed by atoms with Gasteiger partial charge in [0.25, 0.3) is 0 Å². The molecule has 0 aliphatic carbocycles. The summed E-state index contributed by atoms with van der Waals surface area (Å²) in [5, 5.41) is 7.20. The summed E-state index contributed by atoms with van der Waals surface area (Å²) in [6.45, 7) is 6.51. The van der Waals surface area contributed by atoms with Crippen LogP contribution in [0.15, 0.2) is 67.5 Å². The largest absolute Gasteiger partial charge is 0.494 e. The Kier molecular flexibility index (Phi) is 9.43. The van der Waals surface area contributed by atoms with E-state index in [9.17, 15) is 4.79 Å². The second-order valence-corrected chi connectivity index (χ2v) is 10.7. The molecular formula is C32H39N7O4. The Hall–Kier alpha value is -4.61. The molecule has 11 nitrogen and oxygen atoms in total. The van der Waals surface area contributed by atoms with Gasteiger partial charge in [-0.2, -0.15) is 4.98 Å². The van der Waals surface area contributed by atoms with Gasteiger partial charge in [0.05, 0.1) is 35.8 Å². The zero-order valence-corrected chi connectivity index (χ0v) is 25.2. The monoisotopic (exact) mass is 585 g/mol. The van der Waals surface area contributed by atoms with E-state index in [1.807, 2.05) is 74.4 Å². The normalized spacial score (nSPS) is 14.6. The van der Waals surface area contributed by atoms with Crippen molar-refractivity contribution in [2.75, 3.05) is 70.1 Å². The predicted molar refractivity (Wildman–Crippen MR) is 170 cm³/mol. The van der Waals surface area contributed by atoms with Gasteiger partial charge in [-0.3, -0.25) is 4.79 Å². The van der Waals surface area contributed by atoms with Crippen molar-refractivity contribution in [3.63, 3.8) is 0 Å². The lowest BCUT2D eigenvalue weighted by molar-refractivity contribution is -0.111. The first-order valence-corrected chi connectivity index (χ1v) is 14.3. The third-order valence-electron chi connectivity index (χ3n) is 7.33. The van der Waals surface area contributed by atoms with Gasteiger partial charge in [0.2, 0.25) is 11.9 Å². The number of nitrogens with zero attached hydrogens (tertiary/aromatic N) is 5. The van der Waals surface area contributed by atoms with Gasteiger partial charge in [-0.25, -0.2) is 4.98 Å². The predicted octanol–water partition coefficient (Wildman–Crippen LogP) is 4.85. The number of benzene rings is 2.